The van der Waals surface area contributed by atoms with Crippen LogP contribution in [0.25, 0.3) is 0 Å². The van der Waals surface area contributed by atoms with Crippen molar-refractivity contribution >= 4 is 23.7 Å². The summed E-state index contributed by atoms with van der Waals surface area (Å²) in [7, 11) is 3.63. The molecule has 2 aromatic heterocycles. The maximum atomic E-state index is 13.1. The van der Waals surface area contributed by atoms with Gasteiger partial charge in [0.05, 0.1) is 19.2 Å². The van der Waals surface area contributed by atoms with Crippen LogP contribution in [0, 0.1) is 12.8 Å². The fourth-order valence-corrected chi connectivity index (χ4v) is 5.58. The van der Waals surface area contributed by atoms with Gasteiger partial charge in [0.1, 0.15) is 17.3 Å². The molecule has 4 heterocycles. The predicted octanol–water partition coefficient (Wildman–Crippen LogP) is 4.01. The van der Waals surface area contributed by atoms with Crippen molar-refractivity contribution in [1.29, 1.82) is 0 Å². The van der Waals surface area contributed by atoms with E-state index >= 15 is 0 Å². The van der Waals surface area contributed by atoms with Crippen molar-refractivity contribution < 1.29 is 9.53 Å². The standard InChI is InChI=1S/C24H35N5O2S/c1-17-8-13-29(14-9-17)32-22-15-20(27(3)18(22)2)24(30)26-16-19-21(31-4)7-10-25-23(19)28-11-5-6-12-28/h7,10,15,17H,5-6,8-9,11-14,16H2,1-4H3,(H,26,30). The third-order valence-electron chi connectivity index (χ3n) is 6.73. The Balaban J connectivity index is 1.47. The number of piperidine rings is 1. The normalized spacial score (nSPS) is 17.7. The summed E-state index contributed by atoms with van der Waals surface area (Å²) in [5, 5.41) is 3.12. The van der Waals surface area contributed by atoms with Crippen molar-refractivity contribution in [1.82, 2.24) is 19.2 Å². The van der Waals surface area contributed by atoms with Crippen LogP contribution in [0.15, 0.2) is 23.2 Å². The molecule has 4 rings (SSSR count). The van der Waals surface area contributed by atoms with Crippen molar-refractivity contribution in [2.45, 2.75) is 51.0 Å². The number of nitrogens with zero attached hydrogens (tertiary/aromatic N) is 4. The highest BCUT2D eigenvalue weighted by molar-refractivity contribution is 7.97. The molecule has 0 saturated carbocycles. The first-order valence-corrected chi connectivity index (χ1v) is 12.4. The molecule has 0 spiro atoms. The van der Waals surface area contributed by atoms with E-state index in [1.165, 1.54) is 25.7 Å². The van der Waals surface area contributed by atoms with Gasteiger partial charge in [0.2, 0.25) is 0 Å². The van der Waals surface area contributed by atoms with Crippen LogP contribution >= 0.6 is 11.9 Å². The van der Waals surface area contributed by atoms with Crippen LogP contribution in [-0.4, -0.2) is 53.1 Å². The SMILES string of the molecule is COc1ccnc(N2CCCC2)c1CNC(=O)c1cc(SN2CCC(C)CC2)c(C)n1C. The number of hydrogen-bond acceptors (Lipinski definition) is 6. The second-order valence-corrected chi connectivity index (χ2v) is 10.1. The lowest BCUT2D eigenvalue weighted by atomic mass is 10.0. The molecule has 8 heteroatoms. The van der Waals surface area contributed by atoms with Gasteiger partial charge in [0.25, 0.3) is 5.91 Å². The summed E-state index contributed by atoms with van der Waals surface area (Å²) in [6.45, 7) is 8.98. The first-order valence-electron chi connectivity index (χ1n) is 11.6. The number of nitrogens with one attached hydrogen (secondary N) is 1. The van der Waals surface area contributed by atoms with E-state index in [2.05, 4.69) is 33.4 Å². The number of anilines is 1. The van der Waals surface area contributed by atoms with Crippen molar-refractivity contribution in [2.75, 3.05) is 38.2 Å². The molecule has 7 nitrogen and oxygen atoms in total. The third kappa shape index (κ3) is 4.91. The molecular weight excluding hydrogens is 422 g/mol. The Morgan fingerprint density at radius 2 is 1.97 bits per heavy atom. The lowest BCUT2D eigenvalue weighted by Crippen LogP contribution is -2.28. The molecule has 2 aromatic rings. The molecule has 0 aromatic carbocycles. The summed E-state index contributed by atoms with van der Waals surface area (Å²) >= 11 is 1.78. The molecule has 174 valence electrons. The predicted molar refractivity (Wildman–Crippen MR) is 129 cm³/mol. The molecule has 0 unspecified atom stereocenters. The monoisotopic (exact) mass is 457 g/mol. The Labute approximate surface area is 195 Å². The molecule has 1 amide bonds. The Bertz CT molecular complexity index is 946. The number of hydrogen-bond donors (Lipinski definition) is 1. The van der Waals surface area contributed by atoms with Crippen LogP contribution in [0.3, 0.4) is 0 Å². The number of ether oxygens (including phenoxy) is 1. The minimum atomic E-state index is -0.0759. The highest BCUT2D eigenvalue weighted by atomic mass is 32.2. The number of carbonyl (C=O) groups excluding carboxylic acids is 1. The fraction of sp³-hybridized carbons (Fsp3) is 0.583. The molecular formula is C24H35N5O2S. The largest absolute Gasteiger partial charge is 0.496 e. The van der Waals surface area contributed by atoms with Gasteiger partial charge in [0.15, 0.2) is 0 Å². The second-order valence-electron chi connectivity index (χ2n) is 8.93. The summed E-state index contributed by atoms with van der Waals surface area (Å²) in [6, 6.07) is 3.89. The van der Waals surface area contributed by atoms with E-state index in [0.717, 1.165) is 59.8 Å². The highest BCUT2D eigenvalue weighted by Gasteiger charge is 2.23. The average Bonchev–Trinajstić information content (AvgIpc) is 3.43. The van der Waals surface area contributed by atoms with Crippen LogP contribution in [-0.2, 0) is 13.6 Å². The number of rotatable bonds is 7. The zero-order valence-corrected chi connectivity index (χ0v) is 20.5. The Kier molecular flexibility index (Phi) is 7.30. The molecule has 0 bridgehead atoms. The van der Waals surface area contributed by atoms with E-state index in [9.17, 15) is 4.79 Å². The Morgan fingerprint density at radius 3 is 2.66 bits per heavy atom. The summed E-state index contributed by atoms with van der Waals surface area (Å²) < 4.78 is 10.0. The Hall–Kier alpha value is -2.19. The van der Waals surface area contributed by atoms with Gasteiger partial charge >= 0.3 is 0 Å². The average molecular weight is 458 g/mol. The minimum absolute atomic E-state index is 0.0759. The zero-order chi connectivity index (χ0) is 22.7. The summed E-state index contributed by atoms with van der Waals surface area (Å²) in [6.07, 6.45) is 6.59. The molecule has 2 fully saturated rings. The van der Waals surface area contributed by atoms with Crippen LogP contribution in [0.5, 0.6) is 5.75 Å². The number of amides is 1. The van der Waals surface area contributed by atoms with E-state index in [0.29, 0.717) is 12.2 Å². The smallest absolute Gasteiger partial charge is 0.268 e. The van der Waals surface area contributed by atoms with E-state index in [4.69, 9.17) is 4.74 Å². The molecule has 2 aliphatic rings. The maximum Gasteiger partial charge on any atom is 0.268 e. The van der Waals surface area contributed by atoms with Gasteiger partial charge < -0.3 is 19.5 Å². The Morgan fingerprint density at radius 1 is 1.25 bits per heavy atom. The van der Waals surface area contributed by atoms with E-state index in [-0.39, 0.29) is 5.91 Å². The van der Waals surface area contributed by atoms with Crippen LogP contribution in [0.2, 0.25) is 0 Å². The summed E-state index contributed by atoms with van der Waals surface area (Å²) in [5.74, 6) is 2.41. The molecule has 2 aliphatic heterocycles. The van der Waals surface area contributed by atoms with Crippen molar-refractivity contribution in [3.8, 4) is 5.75 Å². The van der Waals surface area contributed by atoms with Gasteiger partial charge in [-0.25, -0.2) is 9.29 Å². The lowest BCUT2D eigenvalue weighted by Gasteiger charge is -2.28. The third-order valence-corrected chi connectivity index (χ3v) is 7.97. The summed E-state index contributed by atoms with van der Waals surface area (Å²) in [5.41, 5.74) is 2.74. The van der Waals surface area contributed by atoms with Gasteiger partial charge in [-0.3, -0.25) is 4.79 Å². The summed E-state index contributed by atoms with van der Waals surface area (Å²) in [4.78, 5) is 21.2. The van der Waals surface area contributed by atoms with Gasteiger partial charge in [-0.1, -0.05) is 6.92 Å². The van der Waals surface area contributed by atoms with E-state index in [1.54, 1.807) is 25.3 Å². The van der Waals surface area contributed by atoms with Gasteiger partial charge in [0, 0.05) is 50.0 Å². The second kappa shape index (κ2) is 10.2. The zero-order valence-electron chi connectivity index (χ0n) is 19.7. The van der Waals surface area contributed by atoms with Crippen LogP contribution in [0.4, 0.5) is 5.82 Å². The van der Waals surface area contributed by atoms with E-state index in [1.807, 2.05) is 23.7 Å². The van der Waals surface area contributed by atoms with Crippen molar-refractivity contribution in [3.63, 3.8) is 0 Å². The number of aromatic nitrogens is 2. The molecule has 0 atom stereocenters. The van der Waals surface area contributed by atoms with Gasteiger partial charge in [-0.15, -0.1) is 0 Å². The fourth-order valence-electron chi connectivity index (χ4n) is 4.48. The van der Waals surface area contributed by atoms with Gasteiger partial charge in [-0.2, -0.15) is 0 Å². The van der Waals surface area contributed by atoms with Crippen LogP contribution < -0.4 is 15.0 Å². The molecule has 2 saturated heterocycles. The maximum absolute atomic E-state index is 13.1. The quantitative estimate of drug-likeness (QED) is 0.634. The number of pyridine rings is 1. The lowest BCUT2D eigenvalue weighted by molar-refractivity contribution is 0.0942. The first kappa shape index (κ1) is 23.0. The molecule has 1 N–H and O–H groups in total. The van der Waals surface area contributed by atoms with Crippen molar-refractivity contribution in [3.05, 3.63) is 35.3 Å². The molecule has 0 aliphatic carbocycles. The highest BCUT2D eigenvalue weighted by Crippen LogP contribution is 2.32. The number of methoxy groups -OCH3 is 1. The molecule has 0 radical (unpaired) electrons. The number of carbonyl (C=O) groups is 1. The van der Waals surface area contributed by atoms with Crippen molar-refractivity contribution in [2.24, 2.45) is 13.0 Å². The first-order chi connectivity index (χ1) is 15.5. The topological polar surface area (TPSA) is 62.6 Å². The molecule has 32 heavy (non-hydrogen) atoms. The van der Waals surface area contributed by atoms with E-state index < -0.39 is 0 Å². The minimum Gasteiger partial charge on any atom is -0.496 e. The van der Waals surface area contributed by atoms with Gasteiger partial charge in [-0.05, 0) is 62.6 Å². The van der Waals surface area contributed by atoms with Crippen LogP contribution in [0.1, 0.15) is 54.4 Å².